The zero-order chi connectivity index (χ0) is 15.9. The number of sulfonamides is 1. The average molecular weight is 327 g/mol. The number of amides is 1. The summed E-state index contributed by atoms with van der Waals surface area (Å²) in [6, 6.07) is -0.226. The van der Waals surface area contributed by atoms with E-state index in [1.54, 1.807) is 4.90 Å². The van der Waals surface area contributed by atoms with Crippen molar-refractivity contribution >= 4 is 15.9 Å². The number of nitrogens with zero attached hydrogens (tertiary/aromatic N) is 3. The van der Waals surface area contributed by atoms with Crippen LogP contribution in [0.2, 0.25) is 0 Å². The summed E-state index contributed by atoms with van der Waals surface area (Å²) < 4.78 is 30.1. The Kier molecular flexibility index (Phi) is 3.98. The number of carbonyl (C=O) groups excluding carboxylic acids is 1. The molecule has 0 unspecified atom stereocenters. The third-order valence-corrected chi connectivity index (χ3v) is 5.83. The minimum absolute atomic E-state index is 0.146. The molecule has 7 nitrogen and oxygen atoms in total. The summed E-state index contributed by atoms with van der Waals surface area (Å²) in [4.78, 5) is 14.3. The molecule has 1 aliphatic heterocycles. The van der Waals surface area contributed by atoms with Crippen molar-refractivity contribution in [3.05, 3.63) is 17.0 Å². The summed E-state index contributed by atoms with van der Waals surface area (Å²) in [5.41, 5.74) is 1.35. The zero-order valence-electron chi connectivity index (χ0n) is 12.9. The van der Waals surface area contributed by atoms with E-state index in [2.05, 4.69) is 5.16 Å². The van der Waals surface area contributed by atoms with Crippen molar-refractivity contribution in [3.63, 3.8) is 0 Å². The Morgan fingerprint density at radius 2 is 2.00 bits per heavy atom. The molecule has 0 N–H and O–H groups in total. The zero-order valence-corrected chi connectivity index (χ0v) is 13.7. The summed E-state index contributed by atoms with van der Waals surface area (Å²) in [5, 5.41) is 3.97. The molecular weight excluding hydrogens is 306 g/mol. The molecule has 1 aromatic rings. The van der Waals surface area contributed by atoms with Crippen LogP contribution in [0.1, 0.15) is 41.6 Å². The number of fused-ring (bicyclic) bond motifs is 1. The minimum atomic E-state index is -3.23. The van der Waals surface area contributed by atoms with Crippen LogP contribution in [0.25, 0.3) is 0 Å². The Bertz CT molecular complexity index is 682. The van der Waals surface area contributed by atoms with Crippen LogP contribution in [0.15, 0.2) is 4.52 Å². The predicted molar refractivity (Wildman–Crippen MR) is 80.1 cm³/mol. The van der Waals surface area contributed by atoms with Crippen LogP contribution >= 0.6 is 0 Å². The molecule has 1 fully saturated rings. The van der Waals surface area contributed by atoms with Gasteiger partial charge in [-0.25, -0.2) is 8.42 Å². The summed E-state index contributed by atoms with van der Waals surface area (Å²) >= 11 is 0. The Hall–Kier alpha value is -1.41. The highest BCUT2D eigenvalue weighted by molar-refractivity contribution is 7.88. The average Bonchev–Trinajstić information content (AvgIpc) is 2.89. The molecule has 0 spiro atoms. The Balaban J connectivity index is 1.76. The van der Waals surface area contributed by atoms with Crippen molar-refractivity contribution in [1.29, 1.82) is 0 Å². The second-order valence-electron chi connectivity index (χ2n) is 6.11. The molecule has 0 bridgehead atoms. The molecule has 1 amide bonds. The number of hydrogen-bond donors (Lipinski definition) is 0. The van der Waals surface area contributed by atoms with Gasteiger partial charge >= 0.3 is 0 Å². The number of hydrogen-bond acceptors (Lipinski definition) is 5. The van der Waals surface area contributed by atoms with Gasteiger partial charge < -0.3 is 9.42 Å². The second-order valence-corrected chi connectivity index (χ2v) is 8.05. The molecule has 2 aliphatic rings. The van der Waals surface area contributed by atoms with Crippen LogP contribution < -0.4 is 0 Å². The molecule has 3 rings (SSSR count). The number of aryl methyl sites for hydroxylation is 1. The number of piperazine rings is 1. The molecule has 1 atom stereocenters. The van der Waals surface area contributed by atoms with Crippen molar-refractivity contribution in [2.45, 2.75) is 38.6 Å². The molecule has 122 valence electrons. The fourth-order valence-corrected chi connectivity index (χ4v) is 4.45. The topological polar surface area (TPSA) is 83.7 Å². The standard InChI is InChI=1S/C14H21N3O4S/c1-10-9-16(7-8-17(10)22(2,19)20)14(18)13-11-5-3-4-6-12(11)21-15-13/h10H,3-9H2,1-2H3/t10-/m0/s1. The lowest BCUT2D eigenvalue weighted by Crippen LogP contribution is -2.55. The van der Waals surface area contributed by atoms with Crippen LogP contribution in [0.5, 0.6) is 0 Å². The maximum atomic E-state index is 12.7. The maximum Gasteiger partial charge on any atom is 0.276 e. The molecule has 0 saturated carbocycles. The number of carbonyl (C=O) groups is 1. The normalized spacial score (nSPS) is 23.4. The molecule has 1 aliphatic carbocycles. The smallest absolute Gasteiger partial charge is 0.276 e. The van der Waals surface area contributed by atoms with Gasteiger partial charge in [0.2, 0.25) is 10.0 Å². The minimum Gasteiger partial charge on any atom is -0.360 e. The van der Waals surface area contributed by atoms with Crippen LogP contribution in [-0.4, -0.2) is 60.6 Å². The third-order valence-electron chi connectivity index (χ3n) is 4.43. The Morgan fingerprint density at radius 3 is 2.68 bits per heavy atom. The van der Waals surface area contributed by atoms with Crippen molar-refractivity contribution in [3.8, 4) is 0 Å². The molecule has 2 heterocycles. The van der Waals surface area contributed by atoms with Gasteiger partial charge in [-0.2, -0.15) is 4.31 Å². The lowest BCUT2D eigenvalue weighted by atomic mass is 9.96. The number of aromatic nitrogens is 1. The van der Waals surface area contributed by atoms with Crippen LogP contribution in [0.3, 0.4) is 0 Å². The summed E-state index contributed by atoms with van der Waals surface area (Å²) in [6.45, 7) is 2.91. The molecule has 0 radical (unpaired) electrons. The van der Waals surface area contributed by atoms with E-state index in [9.17, 15) is 13.2 Å². The Morgan fingerprint density at radius 1 is 1.27 bits per heavy atom. The van der Waals surface area contributed by atoms with Gasteiger partial charge in [0.05, 0.1) is 6.26 Å². The van der Waals surface area contributed by atoms with Gasteiger partial charge in [-0.05, 0) is 26.2 Å². The molecule has 22 heavy (non-hydrogen) atoms. The van der Waals surface area contributed by atoms with E-state index in [-0.39, 0.29) is 11.9 Å². The highest BCUT2D eigenvalue weighted by Crippen LogP contribution is 2.26. The van der Waals surface area contributed by atoms with Gasteiger partial charge in [0.1, 0.15) is 5.76 Å². The summed E-state index contributed by atoms with van der Waals surface area (Å²) in [7, 11) is -3.23. The molecular formula is C14H21N3O4S. The summed E-state index contributed by atoms with van der Waals surface area (Å²) in [5.74, 6) is 0.685. The van der Waals surface area contributed by atoms with Gasteiger partial charge in [-0.3, -0.25) is 4.79 Å². The molecule has 8 heteroatoms. The van der Waals surface area contributed by atoms with Crippen LogP contribution in [0.4, 0.5) is 0 Å². The van der Waals surface area contributed by atoms with Crippen molar-refractivity contribution in [1.82, 2.24) is 14.4 Å². The van der Waals surface area contributed by atoms with Crippen LogP contribution in [-0.2, 0) is 22.9 Å². The van der Waals surface area contributed by atoms with Crippen molar-refractivity contribution in [2.75, 3.05) is 25.9 Å². The highest BCUT2D eigenvalue weighted by atomic mass is 32.2. The van der Waals surface area contributed by atoms with E-state index < -0.39 is 10.0 Å². The fraction of sp³-hybridized carbons (Fsp3) is 0.714. The van der Waals surface area contributed by atoms with E-state index in [1.165, 1.54) is 10.6 Å². The van der Waals surface area contributed by atoms with Gasteiger partial charge in [-0.15, -0.1) is 0 Å². The van der Waals surface area contributed by atoms with Crippen molar-refractivity contribution < 1.29 is 17.7 Å². The lowest BCUT2D eigenvalue weighted by molar-refractivity contribution is 0.0631. The molecule has 1 saturated heterocycles. The van der Waals surface area contributed by atoms with E-state index in [0.717, 1.165) is 37.0 Å². The Labute approximate surface area is 130 Å². The first-order chi connectivity index (χ1) is 10.4. The largest absolute Gasteiger partial charge is 0.360 e. The molecule has 0 aromatic carbocycles. The highest BCUT2D eigenvalue weighted by Gasteiger charge is 2.34. The molecule has 1 aromatic heterocycles. The number of rotatable bonds is 2. The maximum absolute atomic E-state index is 12.7. The van der Waals surface area contributed by atoms with Crippen LogP contribution in [0, 0.1) is 0 Å². The van der Waals surface area contributed by atoms with E-state index in [0.29, 0.717) is 25.3 Å². The third kappa shape index (κ3) is 2.77. The summed E-state index contributed by atoms with van der Waals surface area (Å²) in [6.07, 6.45) is 4.99. The fourth-order valence-electron chi connectivity index (χ4n) is 3.32. The quantitative estimate of drug-likeness (QED) is 0.797. The van der Waals surface area contributed by atoms with E-state index in [4.69, 9.17) is 4.52 Å². The predicted octanol–water partition coefficient (Wildman–Crippen LogP) is 0.659. The first-order valence-electron chi connectivity index (χ1n) is 7.61. The van der Waals surface area contributed by atoms with Gasteiger partial charge in [0.15, 0.2) is 5.69 Å². The second kappa shape index (κ2) is 5.66. The first-order valence-corrected chi connectivity index (χ1v) is 9.46. The van der Waals surface area contributed by atoms with Gasteiger partial charge in [-0.1, -0.05) is 5.16 Å². The first kappa shape index (κ1) is 15.5. The van der Waals surface area contributed by atoms with E-state index in [1.807, 2.05) is 6.92 Å². The SMILES string of the molecule is C[C@H]1CN(C(=O)c2noc3c2CCCC3)CCN1S(C)(=O)=O. The van der Waals surface area contributed by atoms with Crippen molar-refractivity contribution in [2.24, 2.45) is 0 Å². The van der Waals surface area contributed by atoms with Gasteiger partial charge in [0.25, 0.3) is 5.91 Å². The monoisotopic (exact) mass is 327 g/mol. The van der Waals surface area contributed by atoms with E-state index >= 15 is 0 Å². The lowest BCUT2D eigenvalue weighted by Gasteiger charge is -2.38. The van der Waals surface area contributed by atoms with Gasteiger partial charge in [0, 0.05) is 37.7 Å².